The lowest BCUT2D eigenvalue weighted by Gasteiger charge is -2.08. The van der Waals surface area contributed by atoms with Crippen molar-refractivity contribution >= 4 is 40.5 Å². The van der Waals surface area contributed by atoms with Crippen molar-refractivity contribution in [2.24, 2.45) is 0 Å². The molecule has 7 heteroatoms. The normalized spacial score (nSPS) is 15.3. The number of urea groups is 1. The molecule has 0 saturated carbocycles. The van der Waals surface area contributed by atoms with E-state index in [-0.39, 0.29) is 18.4 Å². The molecule has 1 aromatic carbocycles. The molecule has 2 amide bonds. The predicted molar refractivity (Wildman–Crippen MR) is 104 cm³/mol. The first-order valence-corrected chi connectivity index (χ1v) is 8.78. The molecule has 5 nitrogen and oxygen atoms in total. The second kappa shape index (κ2) is 7.29. The Balaban J connectivity index is 0.00000182. The van der Waals surface area contributed by atoms with Gasteiger partial charge in [-0.3, -0.25) is 5.32 Å². The quantitative estimate of drug-likeness (QED) is 0.620. The van der Waals surface area contributed by atoms with Crippen molar-refractivity contribution in [3.05, 3.63) is 64.6 Å². The number of aromatic amines is 1. The third-order valence-corrected chi connectivity index (χ3v) is 5.29. The molecule has 130 valence electrons. The summed E-state index contributed by atoms with van der Waals surface area (Å²) in [5.41, 5.74) is 5.78. The van der Waals surface area contributed by atoms with Crippen molar-refractivity contribution in [3.63, 3.8) is 0 Å². The number of nitrogens with zero attached hydrogens (tertiary/aromatic N) is 1. The second-order valence-electron chi connectivity index (χ2n) is 6.16. The fourth-order valence-electron chi connectivity index (χ4n) is 3.18. The molecule has 2 heterocycles. The molecule has 1 aliphatic rings. The van der Waals surface area contributed by atoms with Gasteiger partial charge in [0.2, 0.25) is 0 Å². The lowest BCUT2D eigenvalue weighted by atomic mass is 10.0. The van der Waals surface area contributed by atoms with Crippen LogP contribution in [-0.4, -0.2) is 16.0 Å². The van der Waals surface area contributed by atoms with Gasteiger partial charge in [0.05, 0.1) is 11.3 Å². The summed E-state index contributed by atoms with van der Waals surface area (Å²) in [6.07, 6.45) is 5.60. The topological polar surface area (TPSA) is 69.8 Å². The van der Waals surface area contributed by atoms with Crippen LogP contribution in [0.5, 0.6) is 0 Å². The number of aromatic nitrogens is 2. The molecular formula is C18H19ClN4OS. The number of hydrogen-bond donors (Lipinski definition) is 3. The van der Waals surface area contributed by atoms with E-state index in [0.717, 1.165) is 29.1 Å². The fraction of sp³-hybridized carbons (Fsp3) is 0.222. The number of carbonyl (C=O) groups excluding carboxylic acids is 1. The average Bonchev–Trinajstić information content (AvgIpc) is 3.26. The van der Waals surface area contributed by atoms with Gasteiger partial charge in [0.15, 0.2) is 0 Å². The van der Waals surface area contributed by atoms with E-state index in [2.05, 4.69) is 32.7 Å². The number of nitrogens with one attached hydrogen (secondary N) is 3. The largest absolute Gasteiger partial charge is 0.348 e. The minimum Gasteiger partial charge on any atom is -0.348 e. The highest BCUT2D eigenvalue weighted by Gasteiger charge is 2.24. The number of halogens is 1. The van der Waals surface area contributed by atoms with Gasteiger partial charge < -0.3 is 10.3 Å². The summed E-state index contributed by atoms with van der Waals surface area (Å²) in [7, 11) is 0. The van der Waals surface area contributed by atoms with Gasteiger partial charge in [-0.25, -0.2) is 9.78 Å². The molecule has 3 N–H and O–H groups in total. The summed E-state index contributed by atoms with van der Waals surface area (Å²) in [4.78, 5) is 19.4. The van der Waals surface area contributed by atoms with Crippen molar-refractivity contribution in [3.8, 4) is 0 Å². The molecular weight excluding hydrogens is 356 g/mol. The minimum absolute atomic E-state index is 0. The molecule has 0 bridgehead atoms. The second-order valence-corrected chi connectivity index (χ2v) is 7.07. The summed E-state index contributed by atoms with van der Waals surface area (Å²) >= 11 is 1.53. The first-order valence-electron chi connectivity index (χ1n) is 7.90. The molecule has 0 saturated heterocycles. The van der Waals surface area contributed by atoms with Crippen LogP contribution in [0, 0.1) is 6.92 Å². The number of benzene rings is 1. The molecule has 25 heavy (non-hydrogen) atoms. The number of H-pyrrole nitrogens is 1. The van der Waals surface area contributed by atoms with E-state index in [1.807, 2.05) is 30.6 Å². The number of carbonyl (C=O) groups is 1. The Morgan fingerprint density at radius 3 is 2.80 bits per heavy atom. The van der Waals surface area contributed by atoms with Crippen molar-refractivity contribution in [2.45, 2.75) is 25.7 Å². The third-order valence-electron chi connectivity index (χ3n) is 4.32. The predicted octanol–water partition coefficient (Wildman–Crippen LogP) is 4.73. The number of imidazole rings is 1. The number of amides is 2. The number of thiophene rings is 1. The number of fused-ring (bicyclic) bond motifs is 1. The van der Waals surface area contributed by atoms with Gasteiger partial charge in [-0.05, 0) is 60.0 Å². The van der Waals surface area contributed by atoms with Gasteiger partial charge >= 0.3 is 6.03 Å². The molecule has 0 aliphatic heterocycles. The van der Waals surface area contributed by atoms with Crippen LogP contribution in [0.25, 0.3) is 0 Å². The van der Waals surface area contributed by atoms with E-state index in [1.165, 1.54) is 28.2 Å². The van der Waals surface area contributed by atoms with Crippen LogP contribution in [0.15, 0.2) is 42.2 Å². The standard InChI is InChI=1S/C18H18N4OS.ClH/c1-11-4-17(24-9-11)22-18(23)21-15-3-2-12-5-14(6-13(12)7-15)16-8-19-10-20-16;/h2-4,7-10,14H,5-6H2,1H3,(H,19,20)(H2,21,22,23);1H. The highest BCUT2D eigenvalue weighted by molar-refractivity contribution is 7.14. The highest BCUT2D eigenvalue weighted by atomic mass is 35.5. The van der Waals surface area contributed by atoms with Crippen LogP contribution >= 0.6 is 23.7 Å². The monoisotopic (exact) mass is 374 g/mol. The maximum absolute atomic E-state index is 12.1. The van der Waals surface area contributed by atoms with E-state index in [1.54, 1.807) is 6.33 Å². The highest BCUT2D eigenvalue weighted by Crippen LogP contribution is 2.34. The summed E-state index contributed by atoms with van der Waals surface area (Å²) in [5, 5.41) is 8.65. The SMILES string of the molecule is Cc1csc(NC(=O)Nc2ccc3c(c2)CC(c2cnc[nH]2)C3)c1.Cl. The number of aryl methyl sites for hydroxylation is 1. The molecule has 2 aromatic heterocycles. The Morgan fingerprint density at radius 1 is 1.24 bits per heavy atom. The molecule has 1 atom stereocenters. The zero-order valence-corrected chi connectivity index (χ0v) is 15.3. The summed E-state index contributed by atoms with van der Waals surface area (Å²) in [5.74, 6) is 0.445. The van der Waals surface area contributed by atoms with Gasteiger partial charge in [0.1, 0.15) is 0 Å². The van der Waals surface area contributed by atoms with E-state index >= 15 is 0 Å². The first-order chi connectivity index (χ1) is 11.7. The Bertz CT molecular complexity index is 875. The lowest BCUT2D eigenvalue weighted by molar-refractivity contribution is 0.262. The zero-order valence-electron chi connectivity index (χ0n) is 13.7. The maximum atomic E-state index is 12.1. The van der Waals surface area contributed by atoms with Crippen LogP contribution in [-0.2, 0) is 12.8 Å². The van der Waals surface area contributed by atoms with Gasteiger partial charge in [0.25, 0.3) is 0 Å². The number of rotatable bonds is 3. The summed E-state index contributed by atoms with van der Waals surface area (Å²) in [6, 6.07) is 7.90. The van der Waals surface area contributed by atoms with Crippen LogP contribution in [0.1, 0.15) is 28.3 Å². The summed E-state index contributed by atoms with van der Waals surface area (Å²) < 4.78 is 0. The number of hydrogen-bond acceptors (Lipinski definition) is 3. The van der Waals surface area contributed by atoms with Crippen LogP contribution in [0.2, 0.25) is 0 Å². The van der Waals surface area contributed by atoms with E-state index < -0.39 is 0 Å². The van der Waals surface area contributed by atoms with Crippen LogP contribution in [0.3, 0.4) is 0 Å². The van der Waals surface area contributed by atoms with Gasteiger partial charge in [-0.2, -0.15) is 0 Å². The first kappa shape index (κ1) is 17.5. The fourth-order valence-corrected chi connectivity index (χ4v) is 3.96. The van der Waals surface area contributed by atoms with Crippen LogP contribution < -0.4 is 10.6 Å². The molecule has 4 rings (SSSR count). The Labute approximate surface area is 156 Å². The Hall–Kier alpha value is -2.31. The molecule has 3 aromatic rings. The van der Waals surface area contributed by atoms with Crippen LogP contribution in [0.4, 0.5) is 15.5 Å². The Kier molecular flexibility index (Phi) is 5.11. The van der Waals surface area contributed by atoms with Gasteiger partial charge in [0, 0.05) is 23.5 Å². The number of anilines is 2. The molecule has 1 aliphatic carbocycles. The lowest BCUT2D eigenvalue weighted by Crippen LogP contribution is -2.18. The van der Waals surface area contributed by atoms with Crippen molar-refractivity contribution in [2.75, 3.05) is 10.6 Å². The molecule has 0 radical (unpaired) electrons. The molecule has 0 fully saturated rings. The molecule has 0 spiro atoms. The smallest absolute Gasteiger partial charge is 0.324 e. The summed E-state index contributed by atoms with van der Waals surface area (Å²) in [6.45, 7) is 2.01. The maximum Gasteiger partial charge on any atom is 0.324 e. The van der Waals surface area contributed by atoms with Gasteiger partial charge in [-0.15, -0.1) is 23.7 Å². The average molecular weight is 375 g/mol. The van der Waals surface area contributed by atoms with Crippen molar-refractivity contribution in [1.29, 1.82) is 0 Å². The zero-order chi connectivity index (χ0) is 16.5. The van der Waals surface area contributed by atoms with E-state index in [4.69, 9.17) is 0 Å². The van der Waals surface area contributed by atoms with Crippen molar-refractivity contribution in [1.82, 2.24) is 9.97 Å². The van der Waals surface area contributed by atoms with E-state index in [9.17, 15) is 4.79 Å². The molecule has 1 unspecified atom stereocenters. The van der Waals surface area contributed by atoms with E-state index in [0.29, 0.717) is 5.92 Å². The Morgan fingerprint density at radius 2 is 2.08 bits per heavy atom. The minimum atomic E-state index is -0.208. The van der Waals surface area contributed by atoms with Gasteiger partial charge in [-0.1, -0.05) is 6.07 Å². The third kappa shape index (κ3) is 3.86. The van der Waals surface area contributed by atoms with Crippen molar-refractivity contribution < 1.29 is 4.79 Å².